The van der Waals surface area contributed by atoms with Gasteiger partial charge >= 0.3 is 0 Å². The Kier molecular flexibility index (Phi) is 4.71. The largest absolute Gasteiger partial charge is 0.488 e. The highest BCUT2D eigenvalue weighted by Gasteiger charge is 2.13. The second-order valence-corrected chi connectivity index (χ2v) is 4.86. The zero-order valence-electron chi connectivity index (χ0n) is 10.4. The summed E-state index contributed by atoms with van der Waals surface area (Å²) < 4.78 is 5.67. The van der Waals surface area contributed by atoms with Crippen LogP contribution in [0.4, 0.5) is 0 Å². The van der Waals surface area contributed by atoms with Gasteiger partial charge in [-0.1, -0.05) is 46.6 Å². The van der Waals surface area contributed by atoms with E-state index in [1.165, 1.54) is 0 Å². The van der Waals surface area contributed by atoms with Gasteiger partial charge in [-0.15, -0.1) is 0 Å². The van der Waals surface area contributed by atoms with Gasteiger partial charge in [-0.3, -0.25) is 0 Å². The number of halogens is 2. The predicted molar refractivity (Wildman–Crippen MR) is 79.7 cm³/mol. The molecule has 104 valence electrons. The molecule has 0 unspecified atom stereocenters. The minimum atomic E-state index is -0.100. The van der Waals surface area contributed by atoms with Crippen molar-refractivity contribution in [3.63, 3.8) is 0 Å². The van der Waals surface area contributed by atoms with Crippen LogP contribution < -0.4 is 10.5 Å². The summed E-state index contributed by atoms with van der Waals surface area (Å²) in [5, 5.41) is 12.7. The number of ether oxygens (including phenoxy) is 1. The summed E-state index contributed by atoms with van der Waals surface area (Å²) in [5.74, 6) is 0.337. The molecule has 4 nitrogen and oxygen atoms in total. The Labute approximate surface area is 126 Å². The van der Waals surface area contributed by atoms with Crippen molar-refractivity contribution in [1.82, 2.24) is 0 Å². The van der Waals surface area contributed by atoms with Crippen LogP contribution in [0.2, 0.25) is 10.0 Å². The zero-order chi connectivity index (χ0) is 14.5. The predicted octanol–water partition coefficient (Wildman–Crippen LogP) is 3.67. The molecular weight excluding hydrogens is 299 g/mol. The lowest BCUT2D eigenvalue weighted by atomic mass is 10.2. The average Bonchev–Trinajstić information content (AvgIpc) is 2.44. The molecule has 3 N–H and O–H groups in total. The van der Waals surface area contributed by atoms with Gasteiger partial charge in [-0.05, 0) is 29.8 Å². The third-order valence-corrected chi connectivity index (χ3v) is 3.17. The topological polar surface area (TPSA) is 67.8 Å². The van der Waals surface area contributed by atoms with Crippen molar-refractivity contribution in [3.8, 4) is 5.75 Å². The molecule has 20 heavy (non-hydrogen) atoms. The maximum absolute atomic E-state index is 8.79. The maximum atomic E-state index is 8.79. The zero-order valence-corrected chi connectivity index (χ0v) is 11.9. The highest BCUT2D eigenvalue weighted by Crippen LogP contribution is 2.27. The number of nitrogens with zero attached hydrogens (tertiary/aromatic N) is 1. The van der Waals surface area contributed by atoms with Crippen molar-refractivity contribution in [1.29, 1.82) is 0 Å². The molecule has 0 aliphatic carbocycles. The molecule has 0 aliphatic heterocycles. The first kappa shape index (κ1) is 14.5. The van der Waals surface area contributed by atoms with Crippen molar-refractivity contribution in [2.75, 3.05) is 0 Å². The summed E-state index contributed by atoms with van der Waals surface area (Å²) in [6.45, 7) is 0.298. The first-order chi connectivity index (χ1) is 9.61. The van der Waals surface area contributed by atoms with Crippen LogP contribution in [0, 0.1) is 0 Å². The molecule has 0 heterocycles. The van der Waals surface area contributed by atoms with Crippen LogP contribution in [0.5, 0.6) is 5.75 Å². The summed E-state index contributed by atoms with van der Waals surface area (Å²) in [5.41, 5.74) is 6.87. The van der Waals surface area contributed by atoms with Crippen LogP contribution in [0.15, 0.2) is 47.6 Å². The fourth-order valence-corrected chi connectivity index (χ4v) is 2.19. The molecule has 6 heteroatoms. The summed E-state index contributed by atoms with van der Waals surface area (Å²) in [6.07, 6.45) is 0. The molecule has 0 saturated heterocycles. The Morgan fingerprint density at radius 3 is 2.65 bits per heavy atom. The van der Waals surface area contributed by atoms with E-state index in [9.17, 15) is 0 Å². The van der Waals surface area contributed by atoms with Crippen LogP contribution in [0.25, 0.3) is 0 Å². The number of rotatable bonds is 4. The van der Waals surface area contributed by atoms with E-state index >= 15 is 0 Å². The Hall–Kier alpha value is -1.91. The molecule has 0 fully saturated rings. The van der Waals surface area contributed by atoms with E-state index in [1.807, 2.05) is 12.1 Å². The van der Waals surface area contributed by atoms with Gasteiger partial charge < -0.3 is 15.7 Å². The van der Waals surface area contributed by atoms with Gasteiger partial charge in [0.1, 0.15) is 12.4 Å². The minimum Gasteiger partial charge on any atom is -0.488 e. The molecule has 0 saturated carbocycles. The second-order valence-electron chi connectivity index (χ2n) is 4.02. The highest BCUT2D eigenvalue weighted by molar-refractivity contribution is 6.34. The van der Waals surface area contributed by atoms with Gasteiger partial charge in [0.2, 0.25) is 0 Å². The molecule has 2 aromatic carbocycles. The number of amidine groups is 1. The van der Waals surface area contributed by atoms with E-state index in [4.69, 9.17) is 38.9 Å². The molecule has 0 amide bonds. The van der Waals surface area contributed by atoms with Gasteiger partial charge in [0.05, 0.1) is 10.6 Å². The van der Waals surface area contributed by atoms with Crippen molar-refractivity contribution < 1.29 is 9.94 Å². The summed E-state index contributed by atoms with van der Waals surface area (Å²) in [7, 11) is 0. The van der Waals surface area contributed by atoms with Crippen molar-refractivity contribution in [2.24, 2.45) is 10.9 Å². The first-order valence-corrected chi connectivity index (χ1v) is 6.51. The Morgan fingerprint density at radius 2 is 1.95 bits per heavy atom. The lowest BCUT2D eigenvalue weighted by Crippen LogP contribution is -2.15. The molecule has 0 spiro atoms. The fourth-order valence-electron chi connectivity index (χ4n) is 1.71. The molecule has 0 radical (unpaired) electrons. The van der Waals surface area contributed by atoms with Crippen LogP contribution in [0.3, 0.4) is 0 Å². The number of hydrogen-bond acceptors (Lipinski definition) is 3. The Morgan fingerprint density at radius 1 is 1.20 bits per heavy atom. The van der Waals surface area contributed by atoms with Crippen LogP contribution >= 0.6 is 23.2 Å². The van der Waals surface area contributed by atoms with Gasteiger partial charge in [-0.25, -0.2) is 0 Å². The number of oxime groups is 1. The summed E-state index contributed by atoms with van der Waals surface area (Å²) in [6, 6.07) is 12.4. The SMILES string of the molecule is NC(=NO)c1c(Cl)cccc1OCc1cccc(Cl)c1. The van der Waals surface area contributed by atoms with E-state index in [0.717, 1.165) is 5.56 Å². The number of hydrogen-bond donors (Lipinski definition) is 2. The van der Waals surface area contributed by atoms with Crippen molar-refractivity contribution >= 4 is 29.0 Å². The van der Waals surface area contributed by atoms with Gasteiger partial charge in [-0.2, -0.15) is 0 Å². The summed E-state index contributed by atoms with van der Waals surface area (Å²) >= 11 is 11.9. The van der Waals surface area contributed by atoms with E-state index in [1.54, 1.807) is 30.3 Å². The maximum Gasteiger partial charge on any atom is 0.175 e. The van der Waals surface area contributed by atoms with E-state index < -0.39 is 0 Å². The van der Waals surface area contributed by atoms with Crippen molar-refractivity contribution in [2.45, 2.75) is 6.61 Å². The number of nitrogens with two attached hydrogens (primary N) is 1. The first-order valence-electron chi connectivity index (χ1n) is 5.75. The molecule has 0 bridgehead atoms. The Bertz CT molecular complexity index is 645. The number of benzene rings is 2. The van der Waals surface area contributed by atoms with Crippen LogP contribution in [0.1, 0.15) is 11.1 Å². The van der Waals surface area contributed by atoms with Crippen LogP contribution in [-0.2, 0) is 6.61 Å². The molecular formula is C14H12Cl2N2O2. The van der Waals surface area contributed by atoms with Gasteiger partial charge in [0, 0.05) is 5.02 Å². The summed E-state index contributed by atoms with van der Waals surface area (Å²) in [4.78, 5) is 0. The standard InChI is InChI=1S/C14H12Cl2N2O2/c15-10-4-1-3-9(7-10)8-20-12-6-2-5-11(16)13(12)14(17)18-19/h1-7,19H,8H2,(H2,17,18). The third kappa shape index (κ3) is 3.35. The normalized spacial score (nSPS) is 11.4. The minimum absolute atomic E-state index is 0.100. The lowest BCUT2D eigenvalue weighted by Gasteiger charge is -2.12. The fraction of sp³-hybridized carbons (Fsp3) is 0.0714. The molecule has 0 aliphatic rings. The lowest BCUT2D eigenvalue weighted by molar-refractivity contribution is 0.303. The molecule has 0 atom stereocenters. The third-order valence-electron chi connectivity index (χ3n) is 2.62. The molecule has 2 rings (SSSR count). The van der Waals surface area contributed by atoms with Gasteiger partial charge in [0.15, 0.2) is 5.84 Å². The van der Waals surface area contributed by atoms with Crippen molar-refractivity contribution in [3.05, 3.63) is 63.6 Å². The smallest absolute Gasteiger partial charge is 0.175 e. The highest BCUT2D eigenvalue weighted by atomic mass is 35.5. The molecule has 2 aromatic rings. The van der Waals surface area contributed by atoms with E-state index in [-0.39, 0.29) is 5.84 Å². The Balaban J connectivity index is 2.24. The monoisotopic (exact) mass is 310 g/mol. The quantitative estimate of drug-likeness (QED) is 0.392. The molecule has 0 aromatic heterocycles. The second kappa shape index (κ2) is 6.50. The average molecular weight is 311 g/mol. The van der Waals surface area contributed by atoms with Crippen LogP contribution in [-0.4, -0.2) is 11.0 Å². The van der Waals surface area contributed by atoms with E-state index in [0.29, 0.717) is 28.0 Å². The van der Waals surface area contributed by atoms with E-state index in [2.05, 4.69) is 5.16 Å². The van der Waals surface area contributed by atoms with Gasteiger partial charge in [0.25, 0.3) is 0 Å².